The number of carbonyl (C=O) groups excluding carboxylic acids is 1. The van der Waals surface area contributed by atoms with E-state index < -0.39 is 10.1 Å². The van der Waals surface area contributed by atoms with Gasteiger partial charge in [0.25, 0.3) is 5.91 Å². The van der Waals surface area contributed by atoms with Crippen LogP contribution >= 0.6 is 24.0 Å². The zero-order valence-corrected chi connectivity index (χ0v) is 17.9. The minimum Gasteiger partial charge on any atom is -0.497 e. The minimum absolute atomic E-state index is 0.0215. The molecular formula is C20H17NO5S3. The first-order valence-electron chi connectivity index (χ1n) is 8.39. The number of hydrogen-bond donors (Lipinski definition) is 0. The number of ether oxygens (including phenoxy) is 1. The Kier molecular flexibility index (Phi) is 6.41. The highest BCUT2D eigenvalue weighted by molar-refractivity contribution is 8.26. The van der Waals surface area contributed by atoms with Gasteiger partial charge in [0.1, 0.15) is 20.7 Å². The second-order valence-corrected chi connectivity index (χ2v) is 9.09. The van der Waals surface area contributed by atoms with E-state index in [2.05, 4.69) is 6.58 Å². The maximum absolute atomic E-state index is 12.4. The molecular weight excluding hydrogens is 430 g/mol. The molecule has 6 nitrogen and oxygen atoms in total. The van der Waals surface area contributed by atoms with Crippen molar-refractivity contribution in [3.8, 4) is 11.5 Å². The van der Waals surface area contributed by atoms with Gasteiger partial charge in [-0.05, 0) is 48.0 Å². The average Bonchev–Trinajstić information content (AvgIpc) is 2.97. The summed E-state index contributed by atoms with van der Waals surface area (Å²) in [6.07, 6.45) is 3.31. The molecule has 1 amide bonds. The number of thiocarbonyl (C=S) groups is 1. The van der Waals surface area contributed by atoms with E-state index in [0.717, 1.165) is 5.56 Å². The van der Waals surface area contributed by atoms with Gasteiger partial charge in [0.15, 0.2) is 0 Å². The molecule has 2 aromatic rings. The van der Waals surface area contributed by atoms with Crippen LogP contribution < -0.4 is 8.92 Å². The summed E-state index contributed by atoms with van der Waals surface area (Å²) in [6, 6.07) is 12.3. The van der Waals surface area contributed by atoms with Crippen molar-refractivity contribution in [3.05, 3.63) is 71.7 Å². The molecule has 150 valence electrons. The van der Waals surface area contributed by atoms with Crippen molar-refractivity contribution in [2.24, 2.45) is 0 Å². The van der Waals surface area contributed by atoms with E-state index in [-0.39, 0.29) is 16.6 Å². The van der Waals surface area contributed by atoms with Crippen molar-refractivity contribution in [3.63, 3.8) is 0 Å². The Bertz CT molecular complexity index is 1070. The van der Waals surface area contributed by atoms with E-state index in [1.165, 1.54) is 48.0 Å². The van der Waals surface area contributed by atoms with Crippen molar-refractivity contribution >= 4 is 50.4 Å². The van der Waals surface area contributed by atoms with Gasteiger partial charge in [0.05, 0.1) is 12.0 Å². The molecule has 1 heterocycles. The number of rotatable bonds is 7. The third-order valence-corrected chi connectivity index (χ3v) is 6.56. The summed E-state index contributed by atoms with van der Waals surface area (Å²) in [6.45, 7) is 3.98. The topological polar surface area (TPSA) is 72.9 Å². The summed E-state index contributed by atoms with van der Waals surface area (Å²) in [4.78, 5) is 14.3. The minimum atomic E-state index is -3.97. The smallest absolute Gasteiger partial charge is 0.339 e. The van der Waals surface area contributed by atoms with Crippen LogP contribution in [-0.2, 0) is 14.9 Å². The summed E-state index contributed by atoms with van der Waals surface area (Å²) in [7, 11) is -2.47. The normalized spacial score (nSPS) is 15.6. The molecule has 1 saturated heterocycles. The highest BCUT2D eigenvalue weighted by Crippen LogP contribution is 2.32. The van der Waals surface area contributed by atoms with Crippen LogP contribution in [0.3, 0.4) is 0 Å². The number of carbonyl (C=O) groups is 1. The fourth-order valence-electron chi connectivity index (χ4n) is 2.47. The van der Waals surface area contributed by atoms with Crippen LogP contribution in [0.4, 0.5) is 0 Å². The monoisotopic (exact) mass is 447 g/mol. The van der Waals surface area contributed by atoms with Crippen molar-refractivity contribution < 1.29 is 22.1 Å². The van der Waals surface area contributed by atoms with E-state index in [1.54, 1.807) is 36.4 Å². The van der Waals surface area contributed by atoms with Crippen molar-refractivity contribution in [2.45, 2.75) is 4.90 Å². The molecule has 0 saturated carbocycles. The predicted molar refractivity (Wildman–Crippen MR) is 117 cm³/mol. The van der Waals surface area contributed by atoms with Gasteiger partial charge < -0.3 is 8.92 Å². The lowest BCUT2D eigenvalue weighted by Crippen LogP contribution is -2.27. The maximum Gasteiger partial charge on any atom is 0.339 e. The molecule has 0 N–H and O–H groups in total. The van der Waals surface area contributed by atoms with Crippen LogP contribution in [0.25, 0.3) is 6.08 Å². The number of benzene rings is 2. The van der Waals surface area contributed by atoms with E-state index in [1.807, 2.05) is 0 Å². The first-order chi connectivity index (χ1) is 13.8. The van der Waals surface area contributed by atoms with Crippen LogP contribution in [0, 0.1) is 0 Å². The molecule has 0 aliphatic carbocycles. The Morgan fingerprint density at radius 3 is 2.31 bits per heavy atom. The van der Waals surface area contributed by atoms with E-state index in [4.69, 9.17) is 21.1 Å². The molecule has 0 bridgehead atoms. The Hall–Kier alpha value is -2.62. The number of amides is 1. The second-order valence-electron chi connectivity index (χ2n) is 5.86. The average molecular weight is 448 g/mol. The van der Waals surface area contributed by atoms with Crippen LogP contribution in [0.15, 0.2) is 71.0 Å². The zero-order valence-electron chi connectivity index (χ0n) is 15.4. The lowest BCUT2D eigenvalue weighted by molar-refractivity contribution is -0.121. The number of methoxy groups -OCH3 is 1. The molecule has 29 heavy (non-hydrogen) atoms. The molecule has 9 heteroatoms. The highest BCUT2D eigenvalue weighted by Gasteiger charge is 2.30. The Labute approximate surface area is 178 Å². The fraction of sp³-hybridized carbons (Fsp3) is 0.100. The number of nitrogens with zero attached hydrogens (tertiary/aromatic N) is 1. The Morgan fingerprint density at radius 1 is 1.10 bits per heavy atom. The molecule has 1 fully saturated rings. The molecule has 2 aromatic carbocycles. The standard InChI is InChI=1S/C20H17NO5S3/c1-3-12-21-19(22)18(28-20(21)27)13-14-4-6-16(7-5-14)26-29(23,24)17-10-8-15(25-2)9-11-17/h3-11,13H,1,12H2,2H3/b18-13+. The fourth-order valence-corrected chi connectivity index (χ4v) is 4.68. The van der Waals surface area contributed by atoms with Crippen molar-refractivity contribution in [2.75, 3.05) is 13.7 Å². The Morgan fingerprint density at radius 2 is 1.72 bits per heavy atom. The molecule has 3 rings (SSSR count). The number of thioether (sulfide) groups is 1. The molecule has 0 spiro atoms. The summed E-state index contributed by atoms with van der Waals surface area (Å²) in [5, 5.41) is 0. The van der Waals surface area contributed by atoms with Gasteiger partial charge in [-0.15, -0.1) is 6.58 Å². The summed E-state index contributed by atoms with van der Waals surface area (Å²) in [5.74, 6) is 0.534. The zero-order chi connectivity index (χ0) is 21.0. The summed E-state index contributed by atoms with van der Waals surface area (Å²) in [5.41, 5.74) is 0.721. The second kappa shape index (κ2) is 8.81. The first-order valence-corrected chi connectivity index (χ1v) is 11.0. The van der Waals surface area contributed by atoms with Gasteiger partial charge in [-0.25, -0.2) is 0 Å². The molecule has 0 aromatic heterocycles. The Balaban J connectivity index is 1.74. The predicted octanol–water partition coefficient (Wildman–Crippen LogP) is 3.85. The summed E-state index contributed by atoms with van der Waals surface area (Å²) >= 11 is 6.42. The van der Waals surface area contributed by atoms with E-state index in [9.17, 15) is 13.2 Å². The molecule has 1 aliphatic rings. The lowest BCUT2D eigenvalue weighted by atomic mass is 10.2. The number of hydrogen-bond acceptors (Lipinski definition) is 7. The van der Waals surface area contributed by atoms with Gasteiger partial charge in [-0.3, -0.25) is 9.69 Å². The van der Waals surface area contributed by atoms with Gasteiger partial charge in [-0.1, -0.05) is 42.2 Å². The third kappa shape index (κ3) is 4.87. The van der Waals surface area contributed by atoms with Gasteiger partial charge in [0.2, 0.25) is 0 Å². The van der Waals surface area contributed by atoms with Crippen LogP contribution in [0.1, 0.15) is 5.56 Å². The largest absolute Gasteiger partial charge is 0.497 e. The SMILES string of the molecule is C=CCN1C(=O)/C(=C\c2ccc(OS(=O)(=O)c3ccc(OC)cc3)cc2)SC1=S. The van der Waals surface area contributed by atoms with Crippen molar-refractivity contribution in [1.29, 1.82) is 0 Å². The third-order valence-electron chi connectivity index (χ3n) is 3.92. The van der Waals surface area contributed by atoms with Gasteiger partial charge in [-0.2, -0.15) is 8.42 Å². The van der Waals surface area contributed by atoms with Crippen LogP contribution in [0.2, 0.25) is 0 Å². The van der Waals surface area contributed by atoms with Gasteiger partial charge in [0, 0.05) is 6.54 Å². The molecule has 1 aliphatic heterocycles. The van der Waals surface area contributed by atoms with Crippen molar-refractivity contribution in [1.82, 2.24) is 4.90 Å². The quantitative estimate of drug-likeness (QED) is 0.276. The molecule has 0 radical (unpaired) electrons. The maximum atomic E-state index is 12.4. The molecule has 0 unspecified atom stereocenters. The van der Waals surface area contributed by atoms with E-state index in [0.29, 0.717) is 21.5 Å². The van der Waals surface area contributed by atoms with E-state index >= 15 is 0 Å². The van der Waals surface area contributed by atoms with Gasteiger partial charge >= 0.3 is 10.1 Å². The summed E-state index contributed by atoms with van der Waals surface area (Å²) < 4.78 is 35.5. The highest BCUT2D eigenvalue weighted by atomic mass is 32.2. The van der Waals surface area contributed by atoms with Crippen LogP contribution in [-0.4, -0.2) is 37.2 Å². The first kappa shape index (κ1) is 21.1. The lowest BCUT2D eigenvalue weighted by Gasteiger charge is -2.10. The van der Waals surface area contributed by atoms with Crippen LogP contribution in [0.5, 0.6) is 11.5 Å². The molecule has 0 atom stereocenters.